The van der Waals surface area contributed by atoms with Crippen molar-refractivity contribution in [1.29, 1.82) is 0 Å². The maximum atomic E-state index is 13.2. The van der Waals surface area contributed by atoms with Crippen LogP contribution in [0.25, 0.3) is 11.0 Å². The van der Waals surface area contributed by atoms with Gasteiger partial charge in [0, 0.05) is 15.5 Å². The van der Waals surface area contributed by atoms with Gasteiger partial charge in [0.1, 0.15) is 21.8 Å². The lowest BCUT2D eigenvalue weighted by Crippen LogP contribution is -2.21. The van der Waals surface area contributed by atoms with Gasteiger partial charge in [-0.15, -0.1) is 0 Å². The zero-order valence-corrected chi connectivity index (χ0v) is 20.5. The number of fused-ring (bicyclic) bond motifs is 1. The Morgan fingerprint density at radius 1 is 1.03 bits per heavy atom. The van der Waals surface area contributed by atoms with Crippen LogP contribution in [0.2, 0.25) is 0 Å². The first kappa shape index (κ1) is 23.5. The topological polar surface area (TPSA) is 115 Å². The van der Waals surface area contributed by atoms with Crippen LogP contribution < -0.4 is 20.4 Å². The summed E-state index contributed by atoms with van der Waals surface area (Å²) in [6.45, 7) is 1.84. The van der Waals surface area contributed by atoms with Crippen LogP contribution in [-0.2, 0) is 10.0 Å². The van der Waals surface area contributed by atoms with Crippen molar-refractivity contribution < 1.29 is 22.4 Å². The van der Waals surface area contributed by atoms with Crippen LogP contribution in [0.15, 0.2) is 85.3 Å². The molecule has 0 saturated carbocycles. The molecule has 4 aromatic rings. The Hall–Kier alpha value is -3.63. The molecule has 3 aromatic carbocycles. The Balaban J connectivity index is 1.67. The highest BCUT2D eigenvalue weighted by Crippen LogP contribution is 2.31. The largest absolute Gasteiger partial charge is 0.495 e. The van der Waals surface area contributed by atoms with Gasteiger partial charge in [-0.05, 0) is 70.9 Å². The van der Waals surface area contributed by atoms with E-state index in [1.165, 1.54) is 31.4 Å². The maximum Gasteiger partial charge on any atom is 0.349 e. The number of sulfonamides is 1. The van der Waals surface area contributed by atoms with Crippen LogP contribution in [0.4, 0.5) is 11.4 Å². The number of hydrogen-bond acceptors (Lipinski definition) is 6. The summed E-state index contributed by atoms with van der Waals surface area (Å²) in [6, 6.07) is 17.6. The zero-order valence-electron chi connectivity index (χ0n) is 18.1. The van der Waals surface area contributed by atoms with Crippen molar-refractivity contribution in [3.63, 3.8) is 0 Å². The number of para-hydroxylation sites is 1. The van der Waals surface area contributed by atoms with Crippen molar-refractivity contribution in [3.8, 4) is 5.75 Å². The summed E-state index contributed by atoms with van der Waals surface area (Å²) in [7, 11) is -2.75. The first-order valence-electron chi connectivity index (χ1n) is 9.99. The molecule has 0 bridgehead atoms. The highest BCUT2D eigenvalue weighted by molar-refractivity contribution is 9.10. The fraction of sp³-hybridized carbons (Fsp3) is 0.0833. The van der Waals surface area contributed by atoms with E-state index in [4.69, 9.17) is 9.15 Å². The number of ether oxygens (including phenoxy) is 1. The second kappa shape index (κ2) is 9.32. The minimum Gasteiger partial charge on any atom is -0.495 e. The van der Waals surface area contributed by atoms with E-state index in [1.54, 1.807) is 36.4 Å². The van der Waals surface area contributed by atoms with Gasteiger partial charge >= 0.3 is 5.63 Å². The Bertz CT molecular complexity index is 1580. The smallest absolute Gasteiger partial charge is 0.349 e. The van der Waals surface area contributed by atoms with Crippen LogP contribution >= 0.6 is 15.9 Å². The van der Waals surface area contributed by atoms with E-state index in [2.05, 4.69) is 26.0 Å². The quantitative estimate of drug-likeness (QED) is 0.334. The molecule has 4 rings (SSSR count). The molecule has 0 radical (unpaired) electrons. The summed E-state index contributed by atoms with van der Waals surface area (Å²) in [6.07, 6.45) is 0. The number of rotatable bonds is 6. The number of methoxy groups -OCH3 is 1. The average Bonchev–Trinajstić information content (AvgIpc) is 2.80. The number of halogens is 1. The molecule has 0 fully saturated rings. The molecule has 10 heteroatoms. The SMILES string of the molecule is COc1ccc(NC(=O)c2cc3ccccc3oc2=O)cc1S(=O)(=O)Nc1cc(C)ccc1Br. The molecule has 174 valence electrons. The average molecular weight is 543 g/mol. The van der Waals surface area contributed by atoms with Crippen LogP contribution in [0.1, 0.15) is 15.9 Å². The fourth-order valence-corrected chi connectivity index (χ4v) is 5.04. The summed E-state index contributed by atoms with van der Waals surface area (Å²) in [5.41, 5.74) is 0.718. The molecule has 1 aromatic heterocycles. The monoisotopic (exact) mass is 542 g/mol. The van der Waals surface area contributed by atoms with E-state index < -0.39 is 21.6 Å². The van der Waals surface area contributed by atoms with Gasteiger partial charge in [0.15, 0.2) is 0 Å². The zero-order chi connectivity index (χ0) is 24.5. The Kier molecular flexibility index (Phi) is 6.45. The van der Waals surface area contributed by atoms with Crippen LogP contribution in [0.5, 0.6) is 5.75 Å². The molecule has 0 aliphatic heterocycles. The molecular formula is C24H19BrN2O6S. The summed E-state index contributed by atoms with van der Waals surface area (Å²) >= 11 is 3.33. The van der Waals surface area contributed by atoms with Gasteiger partial charge in [0.2, 0.25) is 0 Å². The third-order valence-electron chi connectivity index (χ3n) is 4.96. The van der Waals surface area contributed by atoms with Crippen molar-refractivity contribution in [2.75, 3.05) is 17.1 Å². The molecule has 0 aliphatic rings. The molecule has 8 nitrogen and oxygen atoms in total. The second-order valence-corrected chi connectivity index (χ2v) is 9.90. The molecule has 1 amide bonds. The van der Waals surface area contributed by atoms with Crippen LogP contribution in [-0.4, -0.2) is 21.4 Å². The van der Waals surface area contributed by atoms with E-state index >= 15 is 0 Å². The lowest BCUT2D eigenvalue weighted by Gasteiger charge is -2.15. The lowest BCUT2D eigenvalue weighted by molar-refractivity contribution is 0.102. The second-order valence-electron chi connectivity index (χ2n) is 7.39. The van der Waals surface area contributed by atoms with Gasteiger partial charge in [-0.2, -0.15) is 0 Å². The van der Waals surface area contributed by atoms with Gasteiger partial charge in [0.25, 0.3) is 15.9 Å². The normalized spacial score (nSPS) is 11.3. The highest BCUT2D eigenvalue weighted by atomic mass is 79.9. The van der Waals surface area contributed by atoms with Gasteiger partial charge in [0.05, 0.1) is 12.8 Å². The van der Waals surface area contributed by atoms with Crippen molar-refractivity contribution in [2.45, 2.75) is 11.8 Å². The Morgan fingerprint density at radius 2 is 1.79 bits per heavy atom. The van der Waals surface area contributed by atoms with E-state index in [0.29, 0.717) is 21.1 Å². The van der Waals surface area contributed by atoms with Gasteiger partial charge in [-0.1, -0.05) is 24.3 Å². The standard InChI is InChI=1S/C24H19BrN2O6S/c1-14-7-9-18(25)19(11-14)27-34(30,31)22-13-16(8-10-21(22)32-2)26-23(28)17-12-15-5-3-4-6-20(15)33-24(17)29/h3-13,27H,1-2H3,(H,26,28). The number of carbonyl (C=O) groups is 1. The summed E-state index contributed by atoms with van der Waals surface area (Å²) in [4.78, 5) is 24.9. The molecule has 0 aliphatic carbocycles. The minimum atomic E-state index is -4.09. The molecular weight excluding hydrogens is 524 g/mol. The van der Waals surface area contributed by atoms with E-state index in [-0.39, 0.29) is 21.9 Å². The molecule has 1 heterocycles. The summed E-state index contributed by atoms with van der Waals surface area (Å²) < 4.78 is 39.9. The first-order valence-corrected chi connectivity index (χ1v) is 12.3. The van der Waals surface area contributed by atoms with E-state index in [9.17, 15) is 18.0 Å². The molecule has 34 heavy (non-hydrogen) atoms. The van der Waals surface area contributed by atoms with Crippen molar-refractivity contribution in [2.24, 2.45) is 0 Å². The molecule has 0 saturated heterocycles. The third kappa shape index (κ3) is 4.82. The Labute approximate surface area is 203 Å². The van der Waals surface area contributed by atoms with Gasteiger partial charge in [-0.3, -0.25) is 9.52 Å². The number of carbonyl (C=O) groups excluding carboxylic acids is 1. The summed E-state index contributed by atoms with van der Waals surface area (Å²) in [5.74, 6) is -0.651. The van der Waals surface area contributed by atoms with E-state index in [0.717, 1.165) is 5.56 Å². The van der Waals surface area contributed by atoms with Gasteiger partial charge < -0.3 is 14.5 Å². The predicted molar refractivity (Wildman–Crippen MR) is 133 cm³/mol. The molecule has 0 spiro atoms. The van der Waals surface area contributed by atoms with Crippen molar-refractivity contribution in [1.82, 2.24) is 0 Å². The van der Waals surface area contributed by atoms with Crippen molar-refractivity contribution >= 4 is 54.2 Å². The molecule has 0 unspecified atom stereocenters. The third-order valence-corrected chi connectivity index (χ3v) is 7.04. The number of hydrogen-bond donors (Lipinski definition) is 2. The number of benzene rings is 3. The van der Waals surface area contributed by atoms with Crippen LogP contribution in [0, 0.1) is 6.92 Å². The maximum absolute atomic E-state index is 13.2. The number of nitrogens with one attached hydrogen (secondary N) is 2. The predicted octanol–water partition coefficient (Wildman–Crippen LogP) is 4.93. The van der Waals surface area contributed by atoms with E-state index in [1.807, 2.05) is 13.0 Å². The minimum absolute atomic E-state index is 0.0829. The van der Waals surface area contributed by atoms with Crippen LogP contribution in [0.3, 0.4) is 0 Å². The number of anilines is 2. The Morgan fingerprint density at radius 3 is 2.56 bits per heavy atom. The number of amides is 1. The fourth-order valence-electron chi connectivity index (χ4n) is 3.30. The molecule has 2 N–H and O–H groups in total. The van der Waals surface area contributed by atoms with Crippen molar-refractivity contribution in [3.05, 3.63) is 92.7 Å². The first-order chi connectivity index (χ1) is 16.2. The molecule has 0 atom stereocenters. The highest BCUT2D eigenvalue weighted by Gasteiger charge is 2.23. The summed E-state index contributed by atoms with van der Waals surface area (Å²) in [5, 5.41) is 3.14. The lowest BCUT2D eigenvalue weighted by atomic mass is 10.1. The van der Waals surface area contributed by atoms with Gasteiger partial charge in [-0.25, -0.2) is 13.2 Å². The number of aryl methyl sites for hydroxylation is 1.